The molecule has 7 atom stereocenters. The molecule has 0 heteroatoms. The average molecular weight is 397 g/mol. The Morgan fingerprint density at radius 2 is 1.72 bits per heavy atom. The summed E-state index contributed by atoms with van der Waals surface area (Å²) in [5.74, 6) is 4.37. The number of hydrogen-bond donors (Lipinski definition) is 0. The topological polar surface area (TPSA) is 0 Å². The molecule has 0 aromatic heterocycles. The highest BCUT2D eigenvalue weighted by molar-refractivity contribution is 5.23. The summed E-state index contributed by atoms with van der Waals surface area (Å²) in [4.78, 5) is 0. The Bertz CT molecular complexity index is 624. The van der Waals surface area contributed by atoms with E-state index in [0.29, 0.717) is 10.8 Å². The summed E-state index contributed by atoms with van der Waals surface area (Å²) in [6, 6.07) is 0. The van der Waals surface area contributed by atoms with Crippen LogP contribution in [0.1, 0.15) is 105 Å². The van der Waals surface area contributed by atoms with E-state index in [1.165, 1.54) is 81.8 Å². The SMILES string of the molecule is C=C/C(=C\C)C1CCCCC1(C)C1CCC2(C)C(CCCC(=C)C)CCC2C1C. The number of allylic oxidation sites excluding steroid dienone is 4. The van der Waals surface area contributed by atoms with Gasteiger partial charge >= 0.3 is 0 Å². The summed E-state index contributed by atoms with van der Waals surface area (Å²) in [6.45, 7) is 20.7. The Balaban J connectivity index is 1.77. The summed E-state index contributed by atoms with van der Waals surface area (Å²) in [5, 5.41) is 0. The zero-order valence-electron chi connectivity index (χ0n) is 20.2. The second kappa shape index (κ2) is 9.15. The molecule has 0 radical (unpaired) electrons. The molecule has 3 aliphatic carbocycles. The maximum Gasteiger partial charge on any atom is -0.0109 e. The molecule has 0 nitrogen and oxygen atoms in total. The third-order valence-electron chi connectivity index (χ3n) is 10.1. The van der Waals surface area contributed by atoms with Crippen LogP contribution in [0.3, 0.4) is 0 Å². The molecule has 0 aliphatic heterocycles. The maximum absolute atomic E-state index is 4.18. The van der Waals surface area contributed by atoms with Crippen molar-refractivity contribution in [3.8, 4) is 0 Å². The quantitative estimate of drug-likeness (QED) is 0.297. The van der Waals surface area contributed by atoms with Crippen LogP contribution in [0.4, 0.5) is 0 Å². The van der Waals surface area contributed by atoms with E-state index in [4.69, 9.17) is 0 Å². The smallest absolute Gasteiger partial charge is 0.0109 e. The minimum atomic E-state index is 0.465. The highest BCUT2D eigenvalue weighted by Gasteiger charge is 2.56. The minimum Gasteiger partial charge on any atom is -0.100 e. The summed E-state index contributed by atoms with van der Waals surface area (Å²) in [6.07, 6.45) is 20.0. The van der Waals surface area contributed by atoms with Crippen LogP contribution in [0.2, 0.25) is 0 Å². The predicted octanol–water partition coefficient (Wildman–Crippen LogP) is 9.14. The van der Waals surface area contributed by atoms with Crippen molar-refractivity contribution in [1.82, 2.24) is 0 Å². The van der Waals surface area contributed by atoms with Crippen molar-refractivity contribution in [1.29, 1.82) is 0 Å². The van der Waals surface area contributed by atoms with E-state index in [1.54, 1.807) is 0 Å². The van der Waals surface area contributed by atoms with Gasteiger partial charge in [-0.05, 0) is 118 Å². The molecule has 0 N–H and O–H groups in total. The van der Waals surface area contributed by atoms with E-state index < -0.39 is 0 Å². The van der Waals surface area contributed by atoms with Gasteiger partial charge in [-0.15, -0.1) is 6.58 Å². The molecule has 3 saturated carbocycles. The molecule has 3 fully saturated rings. The molecular weight excluding hydrogens is 348 g/mol. The normalized spacial score (nSPS) is 43.1. The summed E-state index contributed by atoms with van der Waals surface area (Å²) >= 11 is 0. The van der Waals surface area contributed by atoms with E-state index in [2.05, 4.69) is 59.9 Å². The lowest BCUT2D eigenvalue weighted by molar-refractivity contribution is -0.0621. The van der Waals surface area contributed by atoms with Crippen LogP contribution in [-0.4, -0.2) is 0 Å². The molecule has 0 aromatic carbocycles. The number of fused-ring (bicyclic) bond motifs is 1. The molecule has 0 saturated heterocycles. The first-order valence-corrected chi connectivity index (χ1v) is 12.7. The molecule has 0 aromatic rings. The van der Waals surface area contributed by atoms with Crippen LogP contribution >= 0.6 is 0 Å². The molecule has 7 unspecified atom stereocenters. The van der Waals surface area contributed by atoms with Crippen LogP contribution in [0.5, 0.6) is 0 Å². The first kappa shape index (κ1) is 22.9. The molecule has 0 amide bonds. The van der Waals surface area contributed by atoms with E-state index in [0.717, 1.165) is 29.6 Å². The van der Waals surface area contributed by atoms with Crippen LogP contribution in [0, 0.1) is 40.4 Å². The maximum atomic E-state index is 4.18. The summed E-state index contributed by atoms with van der Waals surface area (Å²) in [7, 11) is 0. The Hall–Kier alpha value is -0.780. The van der Waals surface area contributed by atoms with Gasteiger partial charge in [-0.1, -0.05) is 57.9 Å². The van der Waals surface area contributed by atoms with E-state index >= 15 is 0 Å². The highest BCUT2D eigenvalue weighted by Crippen LogP contribution is 2.65. The van der Waals surface area contributed by atoms with Gasteiger partial charge in [0.25, 0.3) is 0 Å². The van der Waals surface area contributed by atoms with Gasteiger partial charge in [-0.25, -0.2) is 0 Å². The largest absolute Gasteiger partial charge is 0.100 e. The fourth-order valence-electron chi connectivity index (χ4n) is 8.47. The predicted molar refractivity (Wildman–Crippen MR) is 129 cm³/mol. The molecule has 0 heterocycles. The van der Waals surface area contributed by atoms with Crippen molar-refractivity contribution in [3.05, 3.63) is 36.5 Å². The molecule has 29 heavy (non-hydrogen) atoms. The van der Waals surface area contributed by atoms with E-state index in [-0.39, 0.29) is 0 Å². The van der Waals surface area contributed by atoms with Gasteiger partial charge in [-0.2, -0.15) is 0 Å². The minimum absolute atomic E-state index is 0.465. The molecule has 3 aliphatic rings. The van der Waals surface area contributed by atoms with Crippen molar-refractivity contribution < 1.29 is 0 Å². The van der Waals surface area contributed by atoms with Gasteiger partial charge < -0.3 is 0 Å². The Morgan fingerprint density at radius 3 is 2.38 bits per heavy atom. The van der Waals surface area contributed by atoms with Gasteiger partial charge in [0, 0.05) is 0 Å². The van der Waals surface area contributed by atoms with Crippen molar-refractivity contribution in [3.63, 3.8) is 0 Å². The Morgan fingerprint density at radius 1 is 1.00 bits per heavy atom. The average Bonchev–Trinajstić information content (AvgIpc) is 3.01. The zero-order valence-corrected chi connectivity index (χ0v) is 20.2. The van der Waals surface area contributed by atoms with Crippen LogP contribution in [-0.2, 0) is 0 Å². The lowest BCUT2D eigenvalue weighted by Crippen LogP contribution is -2.49. The first-order chi connectivity index (χ1) is 13.8. The number of rotatable bonds is 7. The van der Waals surface area contributed by atoms with Crippen LogP contribution in [0.25, 0.3) is 0 Å². The molecule has 3 rings (SSSR count). The lowest BCUT2D eigenvalue weighted by Gasteiger charge is -2.56. The Labute approximate surface area is 182 Å². The Kier molecular flexibility index (Phi) is 7.23. The van der Waals surface area contributed by atoms with Gasteiger partial charge in [0.05, 0.1) is 0 Å². The molecule has 164 valence electrons. The van der Waals surface area contributed by atoms with Crippen molar-refractivity contribution in [2.45, 2.75) is 105 Å². The van der Waals surface area contributed by atoms with Gasteiger partial charge in [0.1, 0.15) is 0 Å². The highest BCUT2D eigenvalue weighted by atomic mass is 14.6. The second-order valence-electron chi connectivity index (χ2n) is 11.5. The van der Waals surface area contributed by atoms with E-state index in [9.17, 15) is 0 Å². The van der Waals surface area contributed by atoms with E-state index in [1.807, 2.05) is 0 Å². The molecular formula is C29H48. The van der Waals surface area contributed by atoms with Crippen LogP contribution < -0.4 is 0 Å². The molecule has 0 spiro atoms. The fourth-order valence-corrected chi connectivity index (χ4v) is 8.47. The summed E-state index contributed by atoms with van der Waals surface area (Å²) < 4.78 is 0. The zero-order chi connectivity index (χ0) is 21.2. The van der Waals surface area contributed by atoms with Crippen molar-refractivity contribution in [2.24, 2.45) is 40.4 Å². The monoisotopic (exact) mass is 396 g/mol. The van der Waals surface area contributed by atoms with Crippen molar-refractivity contribution >= 4 is 0 Å². The third kappa shape index (κ3) is 4.20. The number of hydrogen-bond acceptors (Lipinski definition) is 0. The fraction of sp³-hybridized carbons (Fsp3) is 0.793. The lowest BCUT2D eigenvalue weighted by atomic mass is 9.48. The van der Waals surface area contributed by atoms with Gasteiger partial charge in [0.2, 0.25) is 0 Å². The third-order valence-corrected chi connectivity index (χ3v) is 10.1. The van der Waals surface area contributed by atoms with Crippen LogP contribution in [0.15, 0.2) is 36.5 Å². The van der Waals surface area contributed by atoms with Gasteiger partial charge in [0.15, 0.2) is 0 Å². The first-order valence-electron chi connectivity index (χ1n) is 12.7. The van der Waals surface area contributed by atoms with Crippen molar-refractivity contribution in [2.75, 3.05) is 0 Å². The summed E-state index contributed by atoms with van der Waals surface area (Å²) in [5.41, 5.74) is 3.94. The molecule has 0 bridgehead atoms. The standard InChI is InChI=1S/C29H48/c1-8-23(9-2)27-15-10-11-19-29(27,7)26-18-20-28(6)24(14-12-13-21(3)4)16-17-25(28)22(26)5/h8-9,22,24-27H,1,3,10-20H2,2,4-7H3/b23-9+. The van der Waals surface area contributed by atoms with Gasteiger partial charge in [-0.3, -0.25) is 0 Å². The second-order valence-corrected chi connectivity index (χ2v) is 11.5.